The molecule has 2 heterocycles. The zero-order chi connectivity index (χ0) is 16.1. The van der Waals surface area contributed by atoms with Gasteiger partial charge in [0, 0.05) is 25.0 Å². The van der Waals surface area contributed by atoms with Gasteiger partial charge < -0.3 is 15.0 Å². The maximum Gasteiger partial charge on any atom is 0.234 e. The van der Waals surface area contributed by atoms with Crippen LogP contribution in [0.15, 0.2) is 12.4 Å². The second-order valence-electron chi connectivity index (χ2n) is 6.33. The van der Waals surface area contributed by atoms with Gasteiger partial charge in [-0.1, -0.05) is 13.8 Å². The highest BCUT2D eigenvalue weighted by Gasteiger charge is 2.23. The van der Waals surface area contributed by atoms with Gasteiger partial charge in [0.2, 0.25) is 11.8 Å². The van der Waals surface area contributed by atoms with E-state index in [1.165, 1.54) is 0 Å². The van der Waals surface area contributed by atoms with E-state index < -0.39 is 0 Å². The molecule has 0 spiro atoms. The molecule has 1 aromatic rings. The number of carbonyl (C=O) groups is 1. The summed E-state index contributed by atoms with van der Waals surface area (Å²) in [6.45, 7) is 9.44. The Balaban J connectivity index is 2.01. The van der Waals surface area contributed by atoms with Gasteiger partial charge in [-0.2, -0.15) is 4.98 Å². The van der Waals surface area contributed by atoms with Crippen molar-refractivity contribution < 1.29 is 9.53 Å². The summed E-state index contributed by atoms with van der Waals surface area (Å²) in [4.78, 5) is 22.7. The van der Waals surface area contributed by atoms with Crippen LogP contribution >= 0.6 is 0 Å². The normalized spacial score (nSPS) is 18.6. The molecule has 0 saturated carbocycles. The predicted molar refractivity (Wildman–Crippen MR) is 86.0 cm³/mol. The van der Waals surface area contributed by atoms with E-state index in [2.05, 4.69) is 20.2 Å². The van der Waals surface area contributed by atoms with Crippen molar-refractivity contribution in [3.8, 4) is 5.88 Å². The van der Waals surface area contributed by atoms with E-state index in [-0.39, 0.29) is 24.0 Å². The van der Waals surface area contributed by atoms with E-state index in [1.807, 2.05) is 27.7 Å². The van der Waals surface area contributed by atoms with Gasteiger partial charge in [0.25, 0.3) is 0 Å². The maximum absolute atomic E-state index is 11.9. The number of anilines is 1. The molecule has 1 atom stereocenters. The molecule has 1 saturated heterocycles. The molecule has 1 amide bonds. The Morgan fingerprint density at radius 3 is 2.82 bits per heavy atom. The summed E-state index contributed by atoms with van der Waals surface area (Å²) in [5, 5.41) is 3.10. The molecule has 22 heavy (non-hydrogen) atoms. The lowest BCUT2D eigenvalue weighted by molar-refractivity contribution is -0.124. The summed E-state index contributed by atoms with van der Waals surface area (Å²) in [5.74, 6) is 1.47. The Labute approximate surface area is 132 Å². The SMILES string of the molecule is CC(C)Oc1cncc(N2CCC[C@@H](NC(=O)C(C)C)C2)n1. The molecule has 1 aliphatic rings. The van der Waals surface area contributed by atoms with Gasteiger partial charge in [-0.15, -0.1) is 0 Å². The number of aromatic nitrogens is 2. The number of nitrogens with one attached hydrogen (secondary N) is 1. The molecule has 1 fully saturated rings. The maximum atomic E-state index is 11.9. The first kappa shape index (κ1) is 16.5. The molecule has 0 aromatic carbocycles. The Kier molecular flexibility index (Phi) is 5.57. The number of hydrogen-bond donors (Lipinski definition) is 1. The predicted octanol–water partition coefficient (Wildman–Crippen LogP) is 2.00. The first-order valence-corrected chi connectivity index (χ1v) is 7.99. The summed E-state index contributed by atoms with van der Waals surface area (Å²) in [6, 6.07) is 0.167. The first-order valence-electron chi connectivity index (χ1n) is 7.99. The number of hydrogen-bond acceptors (Lipinski definition) is 5. The van der Waals surface area contributed by atoms with Crippen LogP contribution in [0.4, 0.5) is 5.82 Å². The lowest BCUT2D eigenvalue weighted by Crippen LogP contribution is -2.49. The standard InChI is InChI=1S/C16H26N4O2/c1-11(2)16(21)18-13-6-5-7-20(10-13)14-8-17-9-15(19-14)22-12(3)4/h8-9,11-13H,5-7,10H2,1-4H3,(H,18,21)/t13-/m1/s1. The second kappa shape index (κ2) is 7.42. The molecule has 0 bridgehead atoms. The highest BCUT2D eigenvalue weighted by molar-refractivity contribution is 5.78. The van der Waals surface area contributed by atoms with E-state index in [1.54, 1.807) is 12.4 Å². The van der Waals surface area contributed by atoms with Crippen LogP contribution in [0.25, 0.3) is 0 Å². The van der Waals surface area contributed by atoms with Crippen molar-refractivity contribution in [2.24, 2.45) is 5.92 Å². The number of nitrogens with zero attached hydrogens (tertiary/aromatic N) is 3. The van der Waals surface area contributed by atoms with Crippen LogP contribution in [0, 0.1) is 5.92 Å². The van der Waals surface area contributed by atoms with Crippen LogP contribution in [0.1, 0.15) is 40.5 Å². The summed E-state index contributed by atoms with van der Waals surface area (Å²) < 4.78 is 5.60. The van der Waals surface area contributed by atoms with Crippen molar-refractivity contribution in [2.45, 2.75) is 52.7 Å². The van der Waals surface area contributed by atoms with Gasteiger partial charge in [-0.05, 0) is 26.7 Å². The molecule has 0 unspecified atom stereocenters. The van der Waals surface area contributed by atoms with Gasteiger partial charge in [0.05, 0.1) is 18.5 Å². The number of amides is 1. The monoisotopic (exact) mass is 306 g/mol. The average Bonchev–Trinajstić information content (AvgIpc) is 2.47. The van der Waals surface area contributed by atoms with E-state index in [0.29, 0.717) is 5.88 Å². The average molecular weight is 306 g/mol. The van der Waals surface area contributed by atoms with Crippen LogP contribution < -0.4 is 15.0 Å². The molecule has 6 heteroatoms. The van der Waals surface area contributed by atoms with Crippen molar-refractivity contribution in [1.82, 2.24) is 15.3 Å². The number of rotatable bonds is 5. The molecule has 1 aliphatic heterocycles. The fourth-order valence-corrected chi connectivity index (χ4v) is 2.46. The van der Waals surface area contributed by atoms with Crippen LogP contribution in [-0.4, -0.2) is 41.1 Å². The van der Waals surface area contributed by atoms with Gasteiger partial charge in [-0.25, -0.2) is 0 Å². The minimum Gasteiger partial charge on any atom is -0.474 e. The van der Waals surface area contributed by atoms with Crippen molar-refractivity contribution in [1.29, 1.82) is 0 Å². The smallest absolute Gasteiger partial charge is 0.234 e. The van der Waals surface area contributed by atoms with Crippen LogP contribution in [-0.2, 0) is 4.79 Å². The summed E-state index contributed by atoms with van der Waals surface area (Å²) >= 11 is 0. The molecule has 6 nitrogen and oxygen atoms in total. The number of ether oxygens (including phenoxy) is 1. The molecule has 0 aliphatic carbocycles. The van der Waals surface area contributed by atoms with Gasteiger partial charge in [-0.3, -0.25) is 9.78 Å². The molecule has 1 aromatic heterocycles. The summed E-state index contributed by atoms with van der Waals surface area (Å²) in [6.07, 6.45) is 5.49. The highest BCUT2D eigenvalue weighted by atomic mass is 16.5. The Bertz CT molecular complexity index is 505. The molecular formula is C16H26N4O2. The van der Waals surface area contributed by atoms with Gasteiger partial charge in [0.15, 0.2) is 5.82 Å². The van der Waals surface area contributed by atoms with E-state index in [0.717, 1.165) is 31.7 Å². The molecule has 0 radical (unpaired) electrons. The Morgan fingerprint density at radius 2 is 2.14 bits per heavy atom. The topological polar surface area (TPSA) is 67.3 Å². The van der Waals surface area contributed by atoms with E-state index in [4.69, 9.17) is 4.74 Å². The van der Waals surface area contributed by atoms with Gasteiger partial charge in [0.1, 0.15) is 0 Å². The molecule has 2 rings (SSSR count). The molecular weight excluding hydrogens is 280 g/mol. The lowest BCUT2D eigenvalue weighted by atomic mass is 10.0. The van der Waals surface area contributed by atoms with Crippen LogP contribution in [0.3, 0.4) is 0 Å². The fraction of sp³-hybridized carbons (Fsp3) is 0.688. The van der Waals surface area contributed by atoms with Crippen molar-refractivity contribution >= 4 is 11.7 Å². The lowest BCUT2D eigenvalue weighted by Gasteiger charge is -2.34. The zero-order valence-electron chi connectivity index (χ0n) is 13.9. The van der Waals surface area contributed by atoms with Crippen molar-refractivity contribution in [3.05, 3.63) is 12.4 Å². The molecule has 122 valence electrons. The Hall–Kier alpha value is -1.85. The fourth-order valence-electron chi connectivity index (χ4n) is 2.46. The third-order valence-electron chi connectivity index (χ3n) is 3.57. The minimum atomic E-state index is 0.0120. The summed E-state index contributed by atoms with van der Waals surface area (Å²) in [5.41, 5.74) is 0. The highest BCUT2D eigenvalue weighted by Crippen LogP contribution is 2.20. The van der Waals surface area contributed by atoms with Crippen molar-refractivity contribution in [2.75, 3.05) is 18.0 Å². The van der Waals surface area contributed by atoms with E-state index in [9.17, 15) is 4.79 Å². The van der Waals surface area contributed by atoms with Crippen molar-refractivity contribution in [3.63, 3.8) is 0 Å². The Morgan fingerprint density at radius 1 is 1.36 bits per heavy atom. The molecule has 1 N–H and O–H groups in total. The quantitative estimate of drug-likeness (QED) is 0.901. The number of piperidine rings is 1. The minimum absolute atomic E-state index is 0.0120. The third kappa shape index (κ3) is 4.58. The zero-order valence-corrected chi connectivity index (χ0v) is 13.9. The first-order chi connectivity index (χ1) is 10.5. The second-order valence-corrected chi connectivity index (χ2v) is 6.33. The third-order valence-corrected chi connectivity index (χ3v) is 3.57. The van der Waals surface area contributed by atoms with Crippen LogP contribution in [0.5, 0.6) is 5.88 Å². The largest absolute Gasteiger partial charge is 0.474 e. The van der Waals surface area contributed by atoms with E-state index >= 15 is 0 Å². The number of carbonyl (C=O) groups excluding carboxylic acids is 1. The van der Waals surface area contributed by atoms with Gasteiger partial charge >= 0.3 is 0 Å². The summed E-state index contributed by atoms with van der Waals surface area (Å²) in [7, 11) is 0. The van der Waals surface area contributed by atoms with Crippen LogP contribution in [0.2, 0.25) is 0 Å².